The standard InChI is InChI=1S/C25H23N3O3/c1-31-21-9-5-7-19(17-21)14-15-28-23-11-3-2-10-22(23)26-25(28)20-8-4-6-18(16-20)12-13-24(29)27-30/h2-13,16-17,30H,14-15H2,1H3,(H,27,29). The van der Waals surface area contributed by atoms with Gasteiger partial charge in [0.2, 0.25) is 0 Å². The summed E-state index contributed by atoms with van der Waals surface area (Å²) in [6.45, 7) is 0.760. The van der Waals surface area contributed by atoms with Gasteiger partial charge >= 0.3 is 0 Å². The van der Waals surface area contributed by atoms with Crippen LogP contribution in [0.25, 0.3) is 28.5 Å². The quantitative estimate of drug-likeness (QED) is 0.266. The number of nitrogens with zero attached hydrogens (tertiary/aromatic N) is 2. The third kappa shape index (κ3) is 4.65. The molecular formula is C25H23N3O3. The molecule has 4 rings (SSSR count). The number of rotatable bonds is 7. The molecule has 0 fully saturated rings. The van der Waals surface area contributed by atoms with Crippen LogP contribution in [-0.4, -0.2) is 27.8 Å². The molecule has 1 amide bonds. The van der Waals surface area contributed by atoms with Crippen LogP contribution in [0, 0.1) is 0 Å². The third-order valence-electron chi connectivity index (χ3n) is 5.09. The number of imidazole rings is 1. The second kappa shape index (κ2) is 9.28. The topological polar surface area (TPSA) is 76.4 Å². The van der Waals surface area contributed by atoms with E-state index in [-0.39, 0.29) is 0 Å². The minimum atomic E-state index is -0.573. The Hall–Kier alpha value is -3.90. The molecule has 0 atom stereocenters. The van der Waals surface area contributed by atoms with Crippen molar-refractivity contribution in [3.8, 4) is 17.1 Å². The Kier molecular flexibility index (Phi) is 6.10. The van der Waals surface area contributed by atoms with Gasteiger partial charge in [0, 0.05) is 18.2 Å². The fraction of sp³-hybridized carbons (Fsp3) is 0.120. The van der Waals surface area contributed by atoms with Crippen molar-refractivity contribution >= 4 is 23.0 Å². The van der Waals surface area contributed by atoms with Crippen molar-refractivity contribution in [2.45, 2.75) is 13.0 Å². The summed E-state index contributed by atoms with van der Waals surface area (Å²) in [5.74, 6) is 1.14. The summed E-state index contributed by atoms with van der Waals surface area (Å²) in [7, 11) is 1.67. The Balaban J connectivity index is 1.70. The molecule has 2 N–H and O–H groups in total. The fourth-order valence-corrected chi connectivity index (χ4v) is 3.58. The summed E-state index contributed by atoms with van der Waals surface area (Å²) >= 11 is 0. The lowest BCUT2D eigenvalue weighted by Gasteiger charge is -2.11. The van der Waals surface area contributed by atoms with Gasteiger partial charge in [0.1, 0.15) is 11.6 Å². The average Bonchev–Trinajstić information content (AvgIpc) is 3.20. The lowest BCUT2D eigenvalue weighted by atomic mass is 10.1. The number of hydrogen-bond acceptors (Lipinski definition) is 4. The van der Waals surface area contributed by atoms with Crippen LogP contribution in [0.3, 0.4) is 0 Å². The molecule has 0 bridgehead atoms. The van der Waals surface area contributed by atoms with Gasteiger partial charge < -0.3 is 9.30 Å². The Morgan fingerprint density at radius 3 is 2.77 bits per heavy atom. The van der Waals surface area contributed by atoms with E-state index in [0.717, 1.165) is 46.7 Å². The number of hydroxylamine groups is 1. The minimum Gasteiger partial charge on any atom is -0.497 e. The zero-order chi connectivity index (χ0) is 21.6. The maximum Gasteiger partial charge on any atom is 0.267 e. The van der Waals surface area contributed by atoms with Crippen molar-refractivity contribution in [1.29, 1.82) is 0 Å². The predicted octanol–water partition coefficient (Wildman–Crippen LogP) is 4.47. The van der Waals surface area contributed by atoms with Crippen LogP contribution >= 0.6 is 0 Å². The zero-order valence-electron chi connectivity index (χ0n) is 17.2. The van der Waals surface area contributed by atoms with Gasteiger partial charge in [-0.25, -0.2) is 10.5 Å². The predicted molar refractivity (Wildman–Crippen MR) is 121 cm³/mol. The molecule has 0 aliphatic rings. The SMILES string of the molecule is COc1cccc(CCn2c(-c3cccc(C=CC(=O)NO)c3)nc3ccccc32)c1. The molecule has 6 nitrogen and oxygen atoms in total. The minimum absolute atomic E-state index is 0.573. The molecule has 0 aliphatic carbocycles. The van der Waals surface area contributed by atoms with Gasteiger partial charge in [0.15, 0.2) is 0 Å². The number of nitrogens with one attached hydrogen (secondary N) is 1. The van der Waals surface area contributed by atoms with E-state index in [9.17, 15) is 4.79 Å². The van der Waals surface area contributed by atoms with Gasteiger partial charge in [-0.3, -0.25) is 10.0 Å². The van der Waals surface area contributed by atoms with Gasteiger partial charge in [-0.2, -0.15) is 0 Å². The number of ether oxygens (including phenoxy) is 1. The van der Waals surface area contributed by atoms with E-state index in [0.29, 0.717) is 0 Å². The fourth-order valence-electron chi connectivity index (χ4n) is 3.58. The molecule has 31 heavy (non-hydrogen) atoms. The smallest absolute Gasteiger partial charge is 0.267 e. The zero-order valence-corrected chi connectivity index (χ0v) is 17.2. The molecule has 0 aliphatic heterocycles. The largest absolute Gasteiger partial charge is 0.497 e. The molecule has 4 aromatic rings. The summed E-state index contributed by atoms with van der Waals surface area (Å²) in [4.78, 5) is 16.2. The molecule has 0 saturated carbocycles. The first-order valence-electron chi connectivity index (χ1n) is 9.99. The van der Waals surface area contributed by atoms with Crippen LogP contribution in [0.15, 0.2) is 78.9 Å². The number of aryl methyl sites for hydroxylation is 2. The highest BCUT2D eigenvalue weighted by Crippen LogP contribution is 2.26. The van der Waals surface area contributed by atoms with E-state index in [2.05, 4.69) is 22.8 Å². The van der Waals surface area contributed by atoms with Crippen molar-refractivity contribution in [3.63, 3.8) is 0 Å². The van der Waals surface area contributed by atoms with E-state index in [4.69, 9.17) is 14.9 Å². The molecule has 0 spiro atoms. The van der Waals surface area contributed by atoms with Crippen LogP contribution in [0.1, 0.15) is 11.1 Å². The highest BCUT2D eigenvalue weighted by atomic mass is 16.5. The summed E-state index contributed by atoms with van der Waals surface area (Å²) in [6, 6.07) is 24.0. The van der Waals surface area contributed by atoms with Crippen LogP contribution in [-0.2, 0) is 17.8 Å². The summed E-state index contributed by atoms with van der Waals surface area (Å²) < 4.78 is 7.57. The number of hydrogen-bond donors (Lipinski definition) is 2. The second-order valence-corrected chi connectivity index (χ2v) is 7.11. The van der Waals surface area contributed by atoms with Gasteiger partial charge in [0.25, 0.3) is 5.91 Å². The Morgan fingerprint density at radius 1 is 1.10 bits per heavy atom. The van der Waals surface area contributed by atoms with Gasteiger partial charge in [-0.15, -0.1) is 0 Å². The molecule has 3 aromatic carbocycles. The normalized spacial score (nSPS) is 11.2. The Morgan fingerprint density at radius 2 is 1.94 bits per heavy atom. The first-order valence-corrected chi connectivity index (χ1v) is 9.99. The van der Waals surface area contributed by atoms with Gasteiger partial charge in [0.05, 0.1) is 18.1 Å². The number of benzene rings is 3. The molecule has 0 radical (unpaired) electrons. The van der Waals surface area contributed by atoms with Crippen molar-refractivity contribution in [3.05, 3.63) is 90.0 Å². The summed E-state index contributed by atoms with van der Waals surface area (Å²) in [6.07, 6.45) is 3.77. The second-order valence-electron chi connectivity index (χ2n) is 7.11. The number of carbonyl (C=O) groups excluding carboxylic acids is 1. The van der Waals surface area contributed by atoms with Crippen molar-refractivity contribution in [1.82, 2.24) is 15.0 Å². The first kappa shape index (κ1) is 20.4. The maximum absolute atomic E-state index is 11.3. The van der Waals surface area contributed by atoms with E-state index in [1.54, 1.807) is 18.7 Å². The number of carbonyl (C=O) groups is 1. The van der Waals surface area contributed by atoms with Crippen LogP contribution < -0.4 is 10.2 Å². The number of methoxy groups -OCH3 is 1. The highest BCUT2D eigenvalue weighted by molar-refractivity contribution is 5.91. The first-order chi connectivity index (χ1) is 15.2. The third-order valence-corrected chi connectivity index (χ3v) is 5.09. The van der Waals surface area contributed by atoms with Crippen molar-refractivity contribution < 1.29 is 14.7 Å². The van der Waals surface area contributed by atoms with Crippen LogP contribution in [0.5, 0.6) is 5.75 Å². The number of aromatic nitrogens is 2. The summed E-state index contributed by atoms with van der Waals surface area (Å²) in [5, 5.41) is 8.68. The molecule has 1 aromatic heterocycles. The van der Waals surface area contributed by atoms with Crippen molar-refractivity contribution in [2.24, 2.45) is 0 Å². The average molecular weight is 413 g/mol. The lowest BCUT2D eigenvalue weighted by molar-refractivity contribution is -0.124. The number of fused-ring (bicyclic) bond motifs is 1. The van der Waals surface area contributed by atoms with E-state index < -0.39 is 5.91 Å². The highest BCUT2D eigenvalue weighted by Gasteiger charge is 2.13. The van der Waals surface area contributed by atoms with Crippen molar-refractivity contribution in [2.75, 3.05) is 7.11 Å². The maximum atomic E-state index is 11.3. The van der Waals surface area contributed by atoms with Gasteiger partial charge in [-0.1, -0.05) is 42.5 Å². The Bertz CT molecular complexity index is 1240. The molecule has 156 valence electrons. The van der Waals surface area contributed by atoms with E-state index in [1.165, 1.54) is 11.6 Å². The number of para-hydroxylation sites is 2. The molecule has 1 heterocycles. The van der Waals surface area contributed by atoms with E-state index >= 15 is 0 Å². The monoisotopic (exact) mass is 413 g/mol. The lowest BCUT2D eigenvalue weighted by Crippen LogP contribution is -2.14. The van der Waals surface area contributed by atoms with Gasteiger partial charge in [-0.05, 0) is 54.0 Å². The molecule has 6 heteroatoms. The molecule has 0 saturated heterocycles. The van der Waals surface area contributed by atoms with Crippen LogP contribution in [0.4, 0.5) is 0 Å². The van der Waals surface area contributed by atoms with Crippen LogP contribution in [0.2, 0.25) is 0 Å². The Labute approximate surface area is 180 Å². The van der Waals surface area contributed by atoms with E-state index in [1.807, 2.05) is 54.6 Å². The molecule has 0 unspecified atom stereocenters. The molecular weight excluding hydrogens is 390 g/mol. The number of amides is 1. The summed E-state index contributed by atoms with van der Waals surface area (Å²) in [5.41, 5.74) is 6.58.